The maximum absolute atomic E-state index is 13.1. The molecule has 140 valence electrons. The van der Waals surface area contributed by atoms with E-state index in [2.05, 4.69) is 5.10 Å². The van der Waals surface area contributed by atoms with Crippen molar-refractivity contribution in [1.82, 2.24) is 14.7 Å². The summed E-state index contributed by atoms with van der Waals surface area (Å²) in [5, 5.41) is 5.28. The Morgan fingerprint density at radius 2 is 1.78 bits per heavy atom. The number of hydrogen-bond acceptors (Lipinski definition) is 3. The maximum Gasteiger partial charge on any atom is 0.272 e. The highest BCUT2D eigenvalue weighted by atomic mass is 35.5. The topological polar surface area (TPSA) is 47.4 Å². The monoisotopic (exact) mass is 383 g/mol. The third-order valence-electron chi connectivity index (χ3n) is 4.45. The van der Waals surface area contributed by atoms with Crippen molar-refractivity contribution >= 4 is 17.5 Å². The highest BCUT2D eigenvalue weighted by molar-refractivity contribution is 6.33. The van der Waals surface area contributed by atoms with Crippen LogP contribution in [0.5, 0.6) is 5.75 Å². The molecule has 3 rings (SSSR count). The van der Waals surface area contributed by atoms with Crippen molar-refractivity contribution in [3.05, 3.63) is 65.3 Å². The van der Waals surface area contributed by atoms with Gasteiger partial charge in [0.1, 0.15) is 11.4 Å². The summed E-state index contributed by atoms with van der Waals surface area (Å²) in [6.07, 6.45) is 0. The van der Waals surface area contributed by atoms with E-state index in [9.17, 15) is 4.79 Å². The van der Waals surface area contributed by atoms with Crippen molar-refractivity contribution in [2.45, 2.75) is 13.8 Å². The summed E-state index contributed by atoms with van der Waals surface area (Å²) in [6.45, 7) is 5.18. The number of aromatic nitrogens is 2. The number of amides is 1. The smallest absolute Gasteiger partial charge is 0.272 e. The van der Waals surface area contributed by atoms with Gasteiger partial charge in [-0.05, 0) is 50.2 Å². The molecule has 0 spiro atoms. The van der Waals surface area contributed by atoms with E-state index in [0.29, 0.717) is 29.5 Å². The van der Waals surface area contributed by atoms with E-state index in [1.807, 2.05) is 62.4 Å². The van der Waals surface area contributed by atoms with Crippen LogP contribution in [0.1, 0.15) is 24.3 Å². The molecule has 3 aromatic rings. The molecule has 0 saturated heterocycles. The third kappa shape index (κ3) is 3.83. The van der Waals surface area contributed by atoms with Crippen molar-refractivity contribution < 1.29 is 9.53 Å². The van der Waals surface area contributed by atoms with Crippen LogP contribution in [0.4, 0.5) is 0 Å². The molecule has 1 amide bonds. The molecule has 0 aliphatic carbocycles. The van der Waals surface area contributed by atoms with Crippen LogP contribution in [0, 0.1) is 0 Å². The normalized spacial score (nSPS) is 10.7. The first kappa shape index (κ1) is 19.0. The lowest BCUT2D eigenvalue weighted by Gasteiger charge is -2.19. The Bertz CT molecular complexity index is 931. The molecule has 0 N–H and O–H groups in total. The second kappa shape index (κ2) is 8.27. The molecule has 0 radical (unpaired) electrons. The average Bonchev–Trinajstić information content (AvgIpc) is 3.14. The van der Waals surface area contributed by atoms with Crippen LogP contribution in [0.15, 0.2) is 54.6 Å². The predicted octanol–water partition coefficient (Wildman–Crippen LogP) is 4.68. The number of carbonyl (C=O) groups excluding carboxylic acids is 1. The summed E-state index contributed by atoms with van der Waals surface area (Å²) in [7, 11) is 1.62. The summed E-state index contributed by atoms with van der Waals surface area (Å²) in [6, 6.07) is 16.7. The molecular weight excluding hydrogens is 362 g/mol. The van der Waals surface area contributed by atoms with Gasteiger partial charge in [0.25, 0.3) is 5.91 Å². The van der Waals surface area contributed by atoms with Crippen molar-refractivity contribution in [3.8, 4) is 22.7 Å². The standard InChI is InChI=1S/C21H22ClN3O2/c1-4-24(5-2)21(26)20-14-19(17-8-6-7-9-18(17)22)23-25(20)15-10-12-16(27-3)13-11-15/h6-14H,4-5H2,1-3H3. The van der Waals surface area contributed by atoms with Gasteiger partial charge in [0.05, 0.1) is 23.5 Å². The summed E-state index contributed by atoms with van der Waals surface area (Å²) in [5.74, 6) is 0.676. The molecule has 0 bridgehead atoms. The molecule has 0 aliphatic heterocycles. The highest BCUT2D eigenvalue weighted by Crippen LogP contribution is 2.29. The average molecular weight is 384 g/mol. The van der Waals surface area contributed by atoms with Crippen molar-refractivity contribution in [2.24, 2.45) is 0 Å². The number of methoxy groups -OCH3 is 1. The van der Waals surface area contributed by atoms with Crippen molar-refractivity contribution in [1.29, 1.82) is 0 Å². The lowest BCUT2D eigenvalue weighted by molar-refractivity contribution is 0.0764. The van der Waals surface area contributed by atoms with Crippen LogP contribution in [-0.4, -0.2) is 40.8 Å². The Kier molecular flexibility index (Phi) is 5.81. The molecule has 0 atom stereocenters. The SMILES string of the molecule is CCN(CC)C(=O)c1cc(-c2ccccc2Cl)nn1-c1ccc(OC)cc1. The number of nitrogens with zero attached hydrogens (tertiary/aromatic N) is 3. The van der Waals surface area contributed by atoms with E-state index >= 15 is 0 Å². The van der Waals surface area contributed by atoms with Gasteiger partial charge < -0.3 is 9.64 Å². The minimum Gasteiger partial charge on any atom is -0.497 e. The fourth-order valence-electron chi connectivity index (χ4n) is 2.93. The number of carbonyl (C=O) groups is 1. The van der Waals surface area contributed by atoms with Crippen LogP contribution >= 0.6 is 11.6 Å². The minimum atomic E-state index is -0.0679. The van der Waals surface area contributed by atoms with Gasteiger partial charge in [0, 0.05) is 18.7 Å². The second-order valence-electron chi connectivity index (χ2n) is 5.98. The van der Waals surface area contributed by atoms with E-state index < -0.39 is 0 Å². The lowest BCUT2D eigenvalue weighted by Crippen LogP contribution is -2.32. The molecular formula is C21H22ClN3O2. The van der Waals surface area contributed by atoms with Crippen LogP contribution < -0.4 is 4.74 Å². The van der Waals surface area contributed by atoms with Crippen LogP contribution in [-0.2, 0) is 0 Å². The molecule has 0 unspecified atom stereocenters. The highest BCUT2D eigenvalue weighted by Gasteiger charge is 2.22. The summed E-state index contributed by atoms with van der Waals surface area (Å²) < 4.78 is 6.89. The predicted molar refractivity (Wildman–Crippen MR) is 108 cm³/mol. The van der Waals surface area contributed by atoms with E-state index in [0.717, 1.165) is 17.0 Å². The largest absolute Gasteiger partial charge is 0.497 e. The Labute approximate surface area is 164 Å². The number of ether oxygens (including phenoxy) is 1. The molecule has 0 aliphatic rings. The minimum absolute atomic E-state index is 0.0679. The molecule has 27 heavy (non-hydrogen) atoms. The number of rotatable bonds is 6. The van der Waals surface area contributed by atoms with Gasteiger partial charge >= 0.3 is 0 Å². The van der Waals surface area contributed by atoms with Gasteiger partial charge in [-0.25, -0.2) is 4.68 Å². The Morgan fingerprint density at radius 1 is 1.11 bits per heavy atom. The number of halogens is 1. The summed E-state index contributed by atoms with van der Waals surface area (Å²) in [5.41, 5.74) is 2.73. The van der Waals surface area contributed by atoms with Crippen LogP contribution in [0.2, 0.25) is 5.02 Å². The van der Waals surface area contributed by atoms with Gasteiger partial charge in [-0.2, -0.15) is 5.10 Å². The Hall–Kier alpha value is -2.79. The fourth-order valence-corrected chi connectivity index (χ4v) is 3.16. The second-order valence-corrected chi connectivity index (χ2v) is 6.39. The zero-order valence-corrected chi connectivity index (χ0v) is 16.4. The Balaban J connectivity index is 2.14. The van der Waals surface area contributed by atoms with Crippen LogP contribution in [0.3, 0.4) is 0 Å². The molecule has 2 aromatic carbocycles. The number of benzene rings is 2. The molecule has 5 nitrogen and oxygen atoms in total. The third-order valence-corrected chi connectivity index (χ3v) is 4.78. The zero-order chi connectivity index (χ0) is 19.4. The van der Waals surface area contributed by atoms with Crippen molar-refractivity contribution in [2.75, 3.05) is 20.2 Å². The van der Waals surface area contributed by atoms with E-state index in [1.165, 1.54) is 0 Å². The fraction of sp³-hybridized carbons (Fsp3) is 0.238. The first-order valence-electron chi connectivity index (χ1n) is 8.87. The Morgan fingerprint density at radius 3 is 2.37 bits per heavy atom. The quantitative estimate of drug-likeness (QED) is 0.620. The molecule has 6 heteroatoms. The lowest BCUT2D eigenvalue weighted by atomic mass is 10.1. The first-order valence-corrected chi connectivity index (χ1v) is 9.25. The van der Waals surface area contributed by atoms with Crippen molar-refractivity contribution in [3.63, 3.8) is 0 Å². The maximum atomic E-state index is 13.1. The zero-order valence-electron chi connectivity index (χ0n) is 15.6. The molecule has 0 fully saturated rings. The molecule has 1 aromatic heterocycles. The number of hydrogen-bond donors (Lipinski definition) is 0. The van der Waals surface area contributed by atoms with E-state index in [1.54, 1.807) is 22.8 Å². The van der Waals surface area contributed by atoms with Gasteiger partial charge in [-0.15, -0.1) is 0 Å². The van der Waals surface area contributed by atoms with E-state index in [-0.39, 0.29) is 5.91 Å². The van der Waals surface area contributed by atoms with Gasteiger partial charge in [0.15, 0.2) is 0 Å². The van der Waals surface area contributed by atoms with Gasteiger partial charge in [0.2, 0.25) is 0 Å². The van der Waals surface area contributed by atoms with Gasteiger partial charge in [-0.3, -0.25) is 4.79 Å². The summed E-state index contributed by atoms with van der Waals surface area (Å²) in [4.78, 5) is 14.8. The van der Waals surface area contributed by atoms with Gasteiger partial charge in [-0.1, -0.05) is 29.8 Å². The summed E-state index contributed by atoms with van der Waals surface area (Å²) >= 11 is 6.34. The molecule has 0 saturated carbocycles. The molecule has 1 heterocycles. The van der Waals surface area contributed by atoms with E-state index in [4.69, 9.17) is 16.3 Å². The first-order chi connectivity index (χ1) is 13.1. The van der Waals surface area contributed by atoms with Crippen LogP contribution in [0.25, 0.3) is 16.9 Å².